The van der Waals surface area contributed by atoms with Gasteiger partial charge in [-0.15, -0.1) is 0 Å². The van der Waals surface area contributed by atoms with Crippen LogP contribution in [-0.2, 0) is 23.5 Å². The first-order valence-electron chi connectivity index (χ1n) is 5.89. The molecule has 1 aromatic carbocycles. The summed E-state index contributed by atoms with van der Waals surface area (Å²) in [5, 5.41) is 9.18. The van der Waals surface area contributed by atoms with Gasteiger partial charge in [-0.1, -0.05) is 0 Å². The zero-order valence-corrected chi connectivity index (χ0v) is 15.1. The van der Waals surface area contributed by atoms with E-state index in [1.54, 1.807) is 10.9 Å². The van der Waals surface area contributed by atoms with Crippen LogP contribution in [0.15, 0.2) is 38.4 Å². The summed E-state index contributed by atoms with van der Waals surface area (Å²) >= 11 is 6.58. The predicted molar refractivity (Wildman–Crippen MR) is 85.6 cm³/mol. The van der Waals surface area contributed by atoms with E-state index in [4.69, 9.17) is 9.88 Å². The maximum Gasteiger partial charge on any atom is 0.238 e. The van der Waals surface area contributed by atoms with Gasteiger partial charge in [-0.3, -0.25) is 4.68 Å². The Balaban J connectivity index is 2.10. The average Bonchev–Trinajstić information content (AvgIpc) is 2.77. The number of sulfonamides is 1. The van der Waals surface area contributed by atoms with Crippen LogP contribution in [0.5, 0.6) is 5.75 Å². The van der Waals surface area contributed by atoms with Crippen molar-refractivity contribution >= 4 is 41.9 Å². The molecule has 0 saturated carbocycles. The highest BCUT2D eigenvalue weighted by molar-refractivity contribution is 9.11. The van der Waals surface area contributed by atoms with Crippen LogP contribution in [-0.4, -0.2) is 24.8 Å². The molecular formula is C12H13Br2N3O3S. The summed E-state index contributed by atoms with van der Waals surface area (Å²) in [6, 6.07) is 2.83. The fourth-order valence-electron chi connectivity index (χ4n) is 1.71. The van der Waals surface area contributed by atoms with E-state index < -0.39 is 10.0 Å². The molecular weight excluding hydrogens is 426 g/mol. The molecule has 0 atom stereocenters. The van der Waals surface area contributed by atoms with Crippen molar-refractivity contribution in [3.63, 3.8) is 0 Å². The predicted octanol–water partition coefficient (Wildman–Crippen LogP) is 2.21. The molecule has 0 saturated heterocycles. The molecule has 6 nitrogen and oxygen atoms in total. The lowest BCUT2D eigenvalue weighted by atomic mass is 10.3. The van der Waals surface area contributed by atoms with Crippen LogP contribution in [0.25, 0.3) is 0 Å². The van der Waals surface area contributed by atoms with E-state index in [0.717, 1.165) is 5.56 Å². The molecule has 0 spiro atoms. The third kappa shape index (κ3) is 4.29. The summed E-state index contributed by atoms with van der Waals surface area (Å²) in [7, 11) is -1.90. The first-order chi connectivity index (χ1) is 9.77. The van der Waals surface area contributed by atoms with E-state index in [1.165, 1.54) is 12.1 Å². The van der Waals surface area contributed by atoms with Gasteiger partial charge in [-0.05, 0) is 49.6 Å². The minimum Gasteiger partial charge on any atom is -0.491 e. The first kappa shape index (κ1) is 16.5. The van der Waals surface area contributed by atoms with Crippen molar-refractivity contribution in [3.8, 4) is 5.75 Å². The number of hydrogen-bond donors (Lipinski definition) is 1. The number of nitrogens with zero attached hydrogens (tertiary/aromatic N) is 2. The number of benzene rings is 1. The molecule has 0 bridgehead atoms. The Labute approximate surface area is 139 Å². The summed E-state index contributed by atoms with van der Waals surface area (Å²) < 4.78 is 31.1. The second-order valence-electron chi connectivity index (χ2n) is 4.38. The van der Waals surface area contributed by atoms with Gasteiger partial charge in [0.25, 0.3) is 0 Å². The van der Waals surface area contributed by atoms with Gasteiger partial charge in [0.2, 0.25) is 10.0 Å². The summed E-state index contributed by atoms with van der Waals surface area (Å²) in [4.78, 5) is 0.0147. The first-order valence-corrected chi connectivity index (χ1v) is 9.03. The number of nitrogens with two attached hydrogens (primary N) is 1. The van der Waals surface area contributed by atoms with Crippen LogP contribution >= 0.6 is 31.9 Å². The topological polar surface area (TPSA) is 87.2 Å². The van der Waals surface area contributed by atoms with Gasteiger partial charge in [0, 0.05) is 19.7 Å². The Morgan fingerprint density at radius 1 is 1.33 bits per heavy atom. The molecule has 2 aromatic rings. The zero-order valence-electron chi connectivity index (χ0n) is 11.1. The molecule has 0 unspecified atom stereocenters. The molecule has 0 aliphatic heterocycles. The van der Waals surface area contributed by atoms with Crippen LogP contribution in [0.4, 0.5) is 0 Å². The van der Waals surface area contributed by atoms with Crippen LogP contribution < -0.4 is 9.88 Å². The minimum absolute atomic E-state index is 0.0147. The van der Waals surface area contributed by atoms with E-state index in [9.17, 15) is 8.42 Å². The van der Waals surface area contributed by atoms with Gasteiger partial charge >= 0.3 is 0 Å². The molecule has 0 aliphatic carbocycles. The van der Waals surface area contributed by atoms with Crippen molar-refractivity contribution < 1.29 is 13.2 Å². The Bertz CT molecular complexity index is 736. The van der Waals surface area contributed by atoms with Crippen molar-refractivity contribution in [2.75, 3.05) is 6.61 Å². The second-order valence-corrected chi connectivity index (χ2v) is 7.65. The molecule has 21 heavy (non-hydrogen) atoms. The quantitative estimate of drug-likeness (QED) is 0.775. The summed E-state index contributed by atoms with van der Waals surface area (Å²) in [6.07, 6.45) is 4.39. The number of primary sulfonamides is 1. The molecule has 2 rings (SSSR count). The third-order valence-corrected chi connectivity index (χ3v) is 4.77. The number of rotatable bonds is 5. The van der Waals surface area contributed by atoms with Gasteiger partial charge in [-0.25, -0.2) is 13.6 Å². The number of halogens is 2. The average molecular weight is 439 g/mol. The molecule has 1 aromatic heterocycles. The van der Waals surface area contributed by atoms with E-state index in [2.05, 4.69) is 37.0 Å². The zero-order chi connectivity index (χ0) is 15.6. The Kier molecular flexibility index (Phi) is 5.07. The third-order valence-electron chi connectivity index (χ3n) is 2.70. The Hall–Kier alpha value is -0.900. The van der Waals surface area contributed by atoms with Crippen LogP contribution in [0, 0.1) is 0 Å². The summed E-state index contributed by atoms with van der Waals surface area (Å²) in [5.41, 5.74) is 1.06. The van der Waals surface area contributed by atoms with Crippen molar-refractivity contribution in [2.24, 2.45) is 12.2 Å². The molecule has 1 heterocycles. The Morgan fingerprint density at radius 2 is 1.95 bits per heavy atom. The van der Waals surface area contributed by atoms with Crippen LogP contribution in [0.3, 0.4) is 0 Å². The summed E-state index contributed by atoms with van der Waals surface area (Å²) in [5.74, 6) is 0.534. The number of aromatic nitrogens is 2. The highest BCUT2D eigenvalue weighted by Crippen LogP contribution is 2.35. The minimum atomic E-state index is -3.75. The molecule has 2 N–H and O–H groups in total. The van der Waals surface area contributed by atoms with Crippen LogP contribution in [0.2, 0.25) is 0 Å². The maximum absolute atomic E-state index is 11.3. The number of aryl methyl sites for hydroxylation is 1. The lowest BCUT2D eigenvalue weighted by Gasteiger charge is -2.11. The largest absolute Gasteiger partial charge is 0.491 e. The molecule has 0 amide bonds. The molecule has 9 heteroatoms. The van der Waals surface area contributed by atoms with E-state index >= 15 is 0 Å². The van der Waals surface area contributed by atoms with Crippen molar-refractivity contribution in [2.45, 2.75) is 11.3 Å². The Morgan fingerprint density at radius 3 is 2.43 bits per heavy atom. The van der Waals surface area contributed by atoms with Gasteiger partial charge in [-0.2, -0.15) is 5.10 Å². The standard InChI is InChI=1S/C12H13Br2N3O3S/c1-17-7-8(6-16-17)2-3-20-12-10(13)4-9(5-11(12)14)21(15,18)19/h4-7H,2-3H2,1H3,(H2,15,18,19). The maximum atomic E-state index is 11.3. The molecule has 0 radical (unpaired) electrons. The van der Waals surface area contributed by atoms with Gasteiger partial charge in [0.05, 0.1) is 26.6 Å². The van der Waals surface area contributed by atoms with Crippen LogP contribution in [0.1, 0.15) is 5.56 Å². The van der Waals surface area contributed by atoms with Gasteiger partial charge in [0.15, 0.2) is 0 Å². The number of ether oxygens (including phenoxy) is 1. The lowest BCUT2D eigenvalue weighted by Crippen LogP contribution is -2.12. The van der Waals surface area contributed by atoms with Crippen molar-refractivity contribution in [1.29, 1.82) is 0 Å². The van der Waals surface area contributed by atoms with Crippen molar-refractivity contribution in [3.05, 3.63) is 39.0 Å². The highest BCUT2D eigenvalue weighted by atomic mass is 79.9. The molecule has 0 aliphatic rings. The fourth-order valence-corrected chi connectivity index (χ4v) is 3.99. The lowest BCUT2D eigenvalue weighted by molar-refractivity contribution is 0.317. The summed E-state index contributed by atoms with van der Waals surface area (Å²) in [6.45, 7) is 0.442. The van der Waals surface area contributed by atoms with Crippen molar-refractivity contribution in [1.82, 2.24) is 9.78 Å². The van der Waals surface area contributed by atoms with E-state index in [1.807, 2.05) is 13.2 Å². The fraction of sp³-hybridized carbons (Fsp3) is 0.250. The van der Waals surface area contributed by atoms with E-state index in [-0.39, 0.29) is 4.90 Å². The monoisotopic (exact) mass is 437 g/mol. The SMILES string of the molecule is Cn1cc(CCOc2c(Br)cc(S(N)(=O)=O)cc2Br)cn1. The molecule has 0 fully saturated rings. The normalized spacial score (nSPS) is 11.6. The van der Waals surface area contributed by atoms with Gasteiger partial charge < -0.3 is 4.74 Å². The second kappa shape index (κ2) is 6.47. The van der Waals surface area contributed by atoms with Gasteiger partial charge in [0.1, 0.15) is 5.75 Å². The smallest absolute Gasteiger partial charge is 0.238 e. The highest BCUT2D eigenvalue weighted by Gasteiger charge is 2.15. The molecule has 114 valence electrons. The number of hydrogen-bond acceptors (Lipinski definition) is 4. The van der Waals surface area contributed by atoms with E-state index in [0.29, 0.717) is 27.7 Å².